The Morgan fingerprint density at radius 1 is 0.762 bits per heavy atom. The van der Waals surface area contributed by atoms with E-state index in [0.717, 1.165) is 63.8 Å². The van der Waals surface area contributed by atoms with Crippen molar-refractivity contribution in [3.8, 4) is 0 Å². The quantitative estimate of drug-likeness (QED) is 0.116. The third kappa shape index (κ3) is 15.3. The second-order valence-corrected chi connectivity index (χ2v) is 10.2. The second kappa shape index (κ2) is 20.8. The number of carboxylic acid groups (broad SMARTS) is 1. The van der Waals surface area contributed by atoms with Crippen LogP contribution in [0.25, 0.3) is 0 Å². The van der Waals surface area contributed by atoms with Crippen LogP contribution in [0.2, 0.25) is 0 Å². The van der Waals surface area contributed by atoms with Crippen molar-refractivity contribution in [3.63, 3.8) is 0 Å². The zero-order valence-electron chi connectivity index (χ0n) is 25.7. The molecule has 0 saturated carbocycles. The Labute approximate surface area is 271 Å². The summed E-state index contributed by atoms with van der Waals surface area (Å²) < 4.78 is 0. The molecule has 0 aromatic heterocycles. The minimum Gasteiger partial charge on any atom is -0.549 e. The number of nitrogens with one attached hydrogen (secondary N) is 1. The maximum Gasteiger partial charge on any atom is 1.00 e. The molecule has 2 heterocycles. The van der Waals surface area contributed by atoms with E-state index in [-0.39, 0.29) is 42.1 Å². The van der Waals surface area contributed by atoms with Gasteiger partial charge in [0.15, 0.2) is 5.71 Å². The standard InChI is InChI=1S/C15H21N3O2.C12H16N2O2.C3H7NO.Na/c1-13(2)16-20-15(19)12-17-8-10-18(11-9-17)14-6-4-3-5-7-14;15-12(16)10-13-6-8-14(9-7-13)11-4-2-1-3-5-11;1-3(2)4-5;/h3-7H,8-12H2,1-2H3;1-5H,6-10H2,(H,15,16);5H,1-2H3;/q;;;+1. The Balaban J connectivity index is 0.000000360. The Morgan fingerprint density at radius 2 is 1.14 bits per heavy atom. The van der Waals surface area contributed by atoms with E-state index in [0.29, 0.717) is 6.54 Å². The molecule has 2 aromatic carbocycles. The number of benzene rings is 2. The molecule has 0 atom stereocenters. The van der Waals surface area contributed by atoms with Crippen molar-refractivity contribution in [2.24, 2.45) is 5.16 Å². The molecule has 12 heteroatoms. The molecule has 0 spiro atoms. The fourth-order valence-electron chi connectivity index (χ4n) is 4.14. The van der Waals surface area contributed by atoms with Crippen LogP contribution in [-0.2, 0) is 14.4 Å². The van der Waals surface area contributed by atoms with Gasteiger partial charge >= 0.3 is 35.5 Å². The molecule has 2 aliphatic heterocycles. The molecular weight excluding hydrogens is 547 g/mol. The number of carbonyl (C=O) groups is 2. The number of hydrogen-bond donors (Lipinski definition) is 2. The third-order valence-electron chi connectivity index (χ3n) is 6.25. The van der Waals surface area contributed by atoms with Crippen molar-refractivity contribution in [3.05, 3.63) is 60.7 Å². The van der Waals surface area contributed by atoms with E-state index in [1.54, 1.807) is 27.7 Å². The van der Waals surface area contributed by atoms with Crippen LogP contribution in [0.5, 0.6) is 0 Å². The third-order valence-corrected chi connectivity index (χ3v) is 6.25. The first-order chi connectivity index (χ1) is 19.7. The van der Waals surface area contributed by atoms with Gasteiger partial charge in [-0.15, -0.1) is 0 Å². The van der Waals surface area contributed by atoms with E-state index >= 15 is 0 Å². The van der Waals surface area contributed by atoms with E-state index < -0.39 is 5.97 Å². The van der Waals surface area contributed by atoms with Crippen LogP contribution in [0.15, 0.2) is 65.8 Å². The molecule has 0 bridgehead atoms. The van der Waals surface area contributed by atoms with Crippen molar-refractivity contribution in [2.45, 2.75) is 27.7 Å². The first-order valence-corrected chi connectivity index (χ1v) is 13.8. The van der Waals surface area contributed by atoms with Crippen LogP contribution in [0.1, 0.15) is 27.7 Å². The topological polar surface area (TPSA) is 126 Å². The first-order valence-electron chi connectivity index (χ1n) is 13.8. The summed E-state index contributed by atoms with van der Waals surface area (Å²) in [6.07, 6.45) is 0. The van der Waals surface area contributed by atoms with E-state index in [2.05, 4.69) is 44.1 Å². The van der Waals surface area contributed by atoms with Crippen LogP contribution >= 0.6 is 0 Å². The smallest absolute Gasteiger partial charge is 0.549 e. The number of rotatable bonds is 7. The Morgan fingerprint density at radius 3 is 1.48 bits per heavy atom. The first kappa shape index (κ1) is 37.1. The van der Waals surface area contributed by atoms with Crippen LogP contribution in [0.4, 0.5) is 11.4 Å². The molecule has 0 aliphatic carbocycles. The van der Waals surface area contributed by atoms with Gasteiger partial charge in [0.2, 0.25) is 0 Å². The van der Waals surface area contributed by atoms with Gasteiger partial charge in [0.05, 0.1) is 18.2 Å². The van der Waals surface area contributed by atoms with Crippen molar-refractivity contribution < 1.29 is 59.5 Å². The normalized spacial score (nSPS) is 15.0. The van der Waals surface area contributed by atoms with Crippen LogP contribution in [0, 0.1) is 0 Å². The molecule has 0 unspecified atom stereocenters. The molecule has 0 radical (unpaired) electrons. The SMILES string of the molecule is CC(C)=NOC(=O)CN1CCN(c2ccccc2)CC1.CC(C)=[NH+]O.O=C([O-])CN1CCN(c2ccccc2)CC1.[Na+]. The van der Waals surface area contributed by atoms with Crippen LogP contribution in [-0.4, -0.2) is 104 Å². The van der Waals surface area contributed by atoms with Crippen molar-refractivity contribution in [2.75, 3.05) is 75.2 Å². The molecule has 4 rings (SSSR count). The number of oxime groups is 1. The molecular formula is C30H44N6NaO5+. The van der Waals surface area contributed by atoms with Crippen molar-refractivity contribution in [1.29, 1.82) is 0 Å². The number of para-hydroxylation sites is 2. The summed E-state index contributed by atoms with van der Waals surface area (Å²) in [6, 6.07) is 20.5. The van der Waals surface area contributed by atoms with E-state index in [1.165, 1.54) is 11.4 Å². The van der Waals surface area contributed by atoms with Gasteiger partial charge in [0.25, 0.3) is 0 Å². The van der Waals surface area contributed by atoms with Gasteiger partial charge in [-0.3, -0.25) is 15.0 Å². The number of aliphatic carboxylic acids is 1. The predicted octanol–water partition coefficient (Wildman–Crippen LogP) is -2.75. The monoisotopic (exact) mass is 591 g/mol. The summed E-state index contributed by atoms with van der Waals surface area (Å²) in [7, 11) is 0. The average Bonchev–Trinajstić information content (AvgIpc) is 2.98. The summed E-state index contributed by atoms with van der Waals surface area (Å²) in [5.41, 5.74) is 3.99. The van der Waals surface area contributed by atoms with Crippen LogP contribution in [0.3, 0.4) is 0 Å². The van der Waals surface area contributed by atoms with Gasteiger partial charge in [0.1, 0.15) is 0 Å². The summed E-state index contributed by atoms with van der Waals surface area (Å²) in [5.74, 6) is -1.28. The maximum atomic E-state index is 11.6. The average molecular weight is 592 g/mol. The fourth-order valence-corrected chi connectivity index (χ4v) is 4.14. The van der Waals surface area contributed by atoms with E-state index in [4.69, 9.17) is 10.0 Å². The van der Waals surface area contributed by atoms with Gasteiger partial charge in [-0.2, -0.15) is 0 Å². The largest absolute Gasteiger partial charge is 1.00 e. The van der Waals surface area contributed by atoms with Gasteiger partial charge in [0, 0.05) is 84.1 Å². The number of nitrogens with zero attached hydrogens (tertiary/aromatic N) is 5. The van der Waals surface area contributed by atoms with Gasteiger partial charge < -0.3 is 24.5 Å². The minimum atomic E-state index is -0.992. The zero-order valence-corrected chi connectivity index (χ0v) is 27.7. The number of anilines is 2. The Hall–Kier alpha value is -2.96. The maximum absolute atomic E-state index is 11.6. The van der Waals surface area contributed by atoms with Gasteiger partial charge in [-0.25, -0.2) is 4.79 Å². The van der Waals surface area contributed by atoms with Crippen molar-refractivity contribution in [1.82, 2.24) is 9.80 Å². The molecule has 11 nitrogen and oxygen atoms in total. The zero-order chi connectivity index (χ0) is 30.0. The number of hydrogen-bond acceptors (Lipinski definition) is 10. The molecule has 2 saturated heterocycles. The molecule has 2 fully saturated rings. The molecule has 42 heavy (non-hydrogen) atoms. The van der Waals surface area contributed by atoms with E-state index in [1.807, 2.05) is 46.5 Å². The van der Waals surface area contributed by atoms with Crippen molar-refractivity contribution >= 4 is 34.7 Å². The molecule has 224 valence electrons. The molecule has 2 aliphatic rings. The summed E-state index contributed by atoms with van der Waals surface area (Å²) in [5, 5.41) is 23.9. The molecule has 2 N–H and O–H groups in total. The van der Waals surface area contributed by atoms with Gasteiger partial charge in [-0.1, -0.05) is 41.6 Å². The minimum absolute atomic E-state index is 0. The number of piperazine rings is 2. The summed E-state index contributed by atoms with van der Waals surface area (Å²) in [4.78, 5) is 35.5. The Bertz CT molecular complexity index is 1100. The summed E-state index contributed by atoms with van der Waals surface area (Å²) in [6.45, 7) is 14.4. The number of carboxylic acids is 1. The summed E-state index contributed by atoms with van der Waals surface area (Å²) >= 11 is 0. The Kier molecular flexibility index (Phi) is 18.4. The predicted molar refractivity (Wildman–Crippen MR) is 159 cm³/mol. The van der Waals surface area contributed by atoms with E-state index in [9.17, 15) is 14.7 Å². The van der Waals surface area contributed by atoms with Crippen LogP contribution < -0.4 is 49.6 Å². The second-order valence-electron chi connectivity index (χ2n) is 10.2. The molecule has 0 amide bonds. The molecule has 2 aromatic rings. The fraction of sp³-hybridized carbons (Fsp3) is 0.467. The number of carbonyl (C=O) groups excluding carboxylic acids is 2. The van der Waals surface area contributed by atoms with Gasteiger partial charge in [-0.05, 0) is 43.3 Å².